The Labute approximate surface area is 135 Å². The molecule has 1 amide bonds. The monoisotopic (exact) mass is 324 g/mol. The van der Waals surface area contributed by atoms with Crippen LogP contribution < -0.4 is 5.32 Å². The number of methoxy groups -OCH3 is 1. The number of carbonyl (C=O) groups is 1. The van der Waals surface area contributed by atoms with Gasteiger partial charge < -0.3 is 24.1 Å². The molecule has 0 spiro atoms. The van der Waals surface area contributed by atoms with Gasteiger partial charge in [0.15, 0.2) is 5.69 Å². The average Bonchev–Trinajstić information content (AvgIpc) is 3.31. The highest BCUT2D eigenvalue weighted by Gasteiger charge is 2.32. The van der Waals surface area contributed by atoms with E-state index >= 15 is 0 Å². The van der Waals surface area contributed by atoms with Crippen LogP contribution in [0.2, 0.25) is 0 Å². The van der Waals surface area contributed by atoms with Crippen LogP contribution in [0.4, 0.5) is 0 Å². The van der Waals surface area contributed by atoms with Crippen LogP contribution in [-0.2, 0) is 20.8 Å². The molecule has 23 heavy (non-hydrogen) atoms. The van der Waals surface area contributed by atoms with E-state index in [2.05, 4.69) is 10.5 Å². The third-order valence-electron chi connectivity index (χ3n) is 4.34. The minimum Gasteiger partial charge on any atom is -0.380 e. The number of amides is 1. The highest BCUT2D eigenvalue weighted by molar-refractivity contribution is 5.94. The topological polar surface area (TPSA) is 82.8 Å². The molecule has 1 saturated carbocycles. The number of aryl methyl sites for hydroxylation is 1. The van der Waals surface area contributed by atoms with Crippen molar-refractivity contribution in [2.24, 2.45) is 5.92 Å². The van der Waals surface area contributed by atoms with Gasteiger partial charge in [0.1, 0.15) is 5.76 Å². The van der Waals surface area contributed by atoms with Gasteiger partial charge in [0, 0.05) is 20.3 Å². The number of aromatic nitrogens is 1. The number of nitrogens with one attached hydrogen (secondary N) is 1. The van der Waals surface area contributed by atoms with Crippen LogP contribution in [0.25, 0.3) is 0 Å². The maximum absolute atomic E-state index is 12.5. The maximum Gasteiger partial charge on any atom is 0.274 e. The van der Waals surface area contributed by atoms with E-state index in [-0.39, 0.29) is 23.7 Å². The molecule has 2 fully saturated rings. The molecule has 2 heterocycles. The van der Waals surface area contributed by atoms with E-state index in [9.17, 15) is 4.79 Å². The van der Waals surface area contributed by atoms with Crippen molar-refractivity contribution in [1.29, 1.82) is 0 Å². The van der Waals surface area contributed by atoms with Gasteiger partial charge >= 0.3 is 0 Å². The third kappa shape index (κ3) is 4.10. The Bertz CT molecular complexity index is 541. The van der Waals surface area contributed by atoms with Gasteiger partial charge in [-0.05, 0) is 32.1 Å². The number of rotatable bonds is 7. The first-order valence-corrected chi connectivity index (χ1v) is 8.13. The summed E-state index contributed by atoms with van der Waals surface area (Å²) in [4.78, 5) is 12.5. The zero-order valence-corrected chi connectivity index (χ0v) is 13.7. The fraction of sp³-hybridized carbons (Fsp3) is 0.750. The largest absolute Gasteiger partial charge is 0.380 e. The van der Waals surface area contributed by atoms with Crippen LogP contribution in [0, 0.1) is 12.8 Å². The Morgan fingerprint density at radius 2 is 2.22 bits per heavy atom. The Morgan fingerprint density at radius 3 is 2.96 bits per heavy atom. The van der Waals surface area contributed by atoms with Crippen molar-refractivity contribution in [3.05, 3.63) is 17.0 Å². The first-order valence-electron chi connectivity index (χ1n) is 8.13. The molecular weight excluding hydrogens is 300 g/mol. The Hall–Kier alpha value is -1.44. The van der Waals surface area contributed by atoms with Crippen LogP contribution >= 0.6 is 0 Å². The minimum absolute atomic E-state index is 0.00725. The van der Waals surface area contributed by atoms with Crippen LogP contribution in [-0.4, -0.2) is 50.1 Å². The lowest BCUT2D eigenvalue weighted by atomic mass is 10.1. The first-order chi connectivity index (χ1) is 11.2. The lowest BCUT2D eigenvalue weighted by Gasteiger charge is -2.32. The van der Waals surface area contributed by atoms with Gasteiger partial charge in [-0.15, -0.1) is 0 Å². The zero-order chi connectivity index (χ0) is 16.2. The predicted molar refractivity (Wildman–Crippen MR) is 81.1 cm³/mol. The van der Waals surface area contributed by atoms with Gasteiger partial charge in [-0.25, -0.2) is 0 Å². The second-order valence-electron chi connectivity index (χ2n) is 6.26. The Morgan fingerprint density at radius 1 is 1.39 bits per heavy atom. The van der Waals surface area contributed by atoms with E-state index in [0.29, 0.717) is 37.1 Å². The van der Waals surface area contributed by atoms with E-state index in [4.69, 9.17) is 18.7 Å². The molecule has 0 radical (unpaired) electrons. The third-order valence-corrected chi connectivity index (χ3v) is 4.34. The molecule has 7 nitrogen and oxygen atoms in total. The molecule has 128 valence electrons. The lowest BCUT2D eigenvalue weighted by Crippen LogP contribution is -2.51. The van der Waals surface area contributed by atoms with Gasteiger partial charge in [-0.1, -0.05) is 5.16 Å². The average molecular weight is 324 g/mol. The summed E-state index contributed by atoms with van der Waals surface area (Å²) in [6, 6.07) is -0.164. The summed E-state index contributed by atoms with van der Waals surface area (Å²) in [5, 5.41) is 6.83. The van der Waals surface area contributed by atoms with Crippen molar-refractivity contribution in [3.8, 4) is 0 Å². The van der Waals surface area contributed by atoms with Crippen molar-refractivity contribution < 1.29 is 23.5 Å². The lowest BCUT2D eigenvalue weighted by molar-refractivity contribution is -0.0568. The molecule has 3 rings (SSSR count). The van der Waals surface area contributed by atoms with Gasteiger partial charge in [0.2, 0.25) is 0 Å². The molecule has 0 unspecified atom stereocenters. The quantitative estimate of drug-likeness (QED) is 0.817. The summed E-state index contributed by atoms with van der Waals surface area (Å²) < 4.78 is 21.7. The standard InChI is InChI=1S/C16H24N2O5/c1-10-12(8-20-2)15(18-23-10)16(19)17-13-9-21-6-5-14(13)22-7-11-3-4-11/h11,13-14H,3-9H2,1-2H3,(H,17,19)/t13-,14+/m1/s1. The van der Waals surface area contributed by atoms with E-state index < -0.39 is 0 Å². The molecule has 2 atom stereocenters. The highest BCUT2D eigenvalue weighted by Crippen LogP contribution is 2.30. The molecule has 2 aliphatic rings. The molecule has 1 aliphatic carbocycles. The maximum atomic E-state index is 12.5. The summed E-state index contributed by atoms with van der Waals surface area (Å²) in [7, 11) is 1.57. The minimum atomic E-state index is -0.274. The van der Waals surface area contributed by atoms with E-state index in [1.807, 2.05) is 0 Å². The first kappa shape index (κ1) is 16.4. The van der Waals surface area contributed by atoms with Gasteiger partial charge in [0.25, 0.3) is 5.91 Å². The summed E-state index contributed by atoms with van der Waals surface area (Å²) in [5.74, 6) is 1.02. The predicted octanol–water partition coefficient (Wildman–Crippen LogP) is 1.44. The molecule has 0 aromatic carbocycles. The number of hydrogen-bond donors (Lipinski definition) is 1. The summed E-state index contributed by atoms with van der Waals surface area (Å²) in [6.45, 7) is 3.95. The molecule has 1 aromatic heterocycles. The van der Waals surface area contributed by atoms with E-state index in [1.54, 1.807) is 14.0 Å². The number of ether oxygens (including phenoxy) is 3. The fourth-order valence-electron chi connectivity index (χ4n) is 2.72. The summed E-state index contributed by atoms with van der Waals surface area (Å²) in [5.41, 5.74) is 0.952. The smallest absolute Gasteiger partial charge is 0.274 e. The van der Waals surface area contributed by atoms with Crippen molar-refractivity contribution >= 4 is 5.91 Å². The van der Waals surface area contributed by atoms with Crippen molar-refractivity contribution in [3.63, 3.8) is 0 Å². The number of nitrogens with zero attached hydrogens (tertiary/aromatic N) is 1. The summed E-state index contributed by atoms with van der Waals surface area (Å²) >= 11 is 0. The highest BCUT2D eigenvalue weighted by atomic mass is 16.5. The molecule has 1 N–H and O–H groups in total. The normalized spacial score (nSPS) is 24.6. The fourth-order valence-corrected chi connectivity index (χ4v) is 2.72. The molecule has 1 saturated heterocycles. The van der Waals surface area contributed by atoms with E-state index in [1.165, 1.54) is 12.8 Å². The molecule has 7 heteroatoms. The summed E-state index contributed by atoms with van der Waals surface area (Å²) in [6.07, 6.45) is 3.28. The van der Waals surface area contributed by atoms with Crippen LogP contribution in [0.5, 0.6) is 0 Å². The Kier molecular flexibility index (Phi) is 5.30. The van der Waals surface area contributed by atoms with Crippen LogP contribution in [0.3, 0.4) is 0 Å². The second-order valence-corrected chi connectivity index (χ2v) is 6.26. The van der Waals surface area contributed by atoms with Gasteiger partial charge in [-0.3, -0.25) is 4.79 Å². The van der Waals surface area contributed by atoms with E-state index in [0.717, 1.165) is 13.0 Å². The molecule has 0 bridgehead atoms. The van der Waals surface area contributed by atoms with Gasteiger partial charge in [-0.2, -0.15) is 0 Å². The van der Waals surface area contributed by atoms with Crippen molar-refractivity contribution in [1.82, 2.24) is 10.5 Å². The van der Waals surface area contributed by atoms with Crippen LogP contribution in [0.1, 0.15) is 41.1 Å². The second kappa shape index (κ2) is 7.42. The van der Waals surface area contributed by atoms with Gasteiger partial charge in [0.05, 0.1) is 30.9 Å². The molecule has 1 aliphatic heterocycles. The Balaban J connectivity index is 1.62. The zero-order valence-electron chi connectivity index (χ0n) is 13.7. The SMILES string of the molecule is COCc1c(C(=O)N[C@@H]2COCC[C@@H]2OCC2CC2)noc1C. The van der Waals surface area contributed by atoms with Crippen LogP contribution in [0.15, 0.2) is 4.52 Å². The van der Waals surface area contributed by atoms with Crippen molar-refractivity contribution in [2.75, 3.05) is 26.9 Å². The van der Waals surface area contributed by atoms with Crippen molar-refractivity contribution in [2.45, 2.75) is 44.9 Å². The molecular formula is C16H24N2O5. The molecule has 1 aromatic rings. The number of hydrogen-bond acceptors (Lipinski definition) is 6. The number of carbonyl (C=O) groups excluding carboxylic acids is 1.